The van der Waals surface area contributed by atoms with E-state index in [-0.39, 0.29) is 12.2 Å². The number of aryl methyl sites for hydroxylation is 1. The van der Waals surface area contributed by atoms with Gasteiger partial charge >= 0.3 is 5.69 Å². The Balaban J connectivity index is 0.000000357. The molecule has 0 amide bonds. The Hall–Kier alpha value is -2.42. The third-order valence-electron chi connectivity index (χ3n) is 2.10. The van der Waals surface area contributed by atoms with Crippen LogP contribution in [0.5, 0.6) is 0 Å². The standard InChI is InChI=1S/C7H9N5O2.C2H4O2/c1-11-5-4(9-3-10-5)6(13)12(2-8)7(11)14;1-2(3)4/h3H,2,8H2,1H3,(H,9,10);1H3,(H,3,4). The summed E-state index contributed by atoms with van der Waals surface area (Å²) in [6.45, 7) is 0.945. The van der Waals surface area contributed by atoms with Gasteiger partial charge in [0.2, 0.25) is 0 Å². The van der Waals surface area contributed by atoms with Gasteiger partial charge in [0.1, 0.15) is 5.52 Å². The molecule has 0 saturated carbocycles. The summed E-state index contributed by atoms with van der Waals surface area (Å²) in [6.07, 6.45) is 1.37. The predicted octanol–water partition coefficient (Wildman–Crippen LogP) is -1.57. The number of aliphatic carboxylic acids is 1. The lowest BCUT2D eigenvalue weighted by Gasteiger charge is -2.03. The van der Waals surface area contributed by atoms with E-state index in [0.717, 1.165) is 11.5 Å². The molecular formula is C9H13N5O4. The van der Waals surface area contributed by atoms with Gasteiger partial charge in [-0.25, -0.2) is 14.3 Å². The zero-order chi connectivity index (χ0) is 13.9. The van der Waals surface area contributed by atoms with Crippen LogP contribution in [-0.2, 0) is 18.5 Å². The number of imidazole rings is 1. The molecular weight excluding hydrogens is 242 g/mol. The minimum atomic E-state index is -0.833. The number of nitrogens with two attached hydrogens (primary N) is 1. The monoisotopic (exact) mass is 255 g/mol. The van der Waals surface area contributed by atoms with Crippen LogP contribution >= 0.6 is 0 Å². The smallest absolute Gasteiger partial charge is 0.333 e. The Morgan fingerprint density at radius 3 is 2.61 bits per heavy atom. The summed E-state index contributed by atoms with van der Waals surface area (Å²) in [5.74, 6) is -0.833. The highest BCUT2D eigenvalue weighted by Crippen LogP contribution is 1.97. The molecule has 9 heteroatoms. The lowest BCUT2D eigenvalue weighted by atomic mass is 10.5. The first-order valence-corrected chi connectivity index (χ1v) is 4.92. The molecule has 0 spiro atoms. The van der Waals surface area contributed by atoms with E-state index in [0.29, 0.717) is 5.65 Å². The van der Waals surface area contributed by atoms with Crippen molar-refractivity contribution in [1.29, 1.82) is 0 Å². The fraction of sp³-hybridized carbons (Fsp3) is 0.333. The van der Waals surface area contributed by atoms with Crippen molar-refractivity contribution in [3.05, 3.63) is 27.2 Å². The van der Waals surface area contributed by atoms with Gasteiger partial charge in [-0.15, -0.1) is 0 Å². The summed E-state index contributed by atoms with van der Waals surface area (Å²) in [6, 6.07) is 0. The molecule has 2 heterocycles. The van der Waals surface area contributed by atoms with Crippen LogP contribution in [0.2, 0.25) is 0 Å². The van der Waals surface area contributed by atoms with E-state index in [4.69, 9.17) is 15.6 Å². The number of carboxylic acids is 1. The first-order chi connectivity index (χ1) is 8.40. The van der Waals surface area contributed by atoms with Crippen LogP contribution in [0, 0.1) is 0 Å². The molecule has 18 heavy (non-hydrogen) atoms. The molecule has 0 fully saturated rings. The third kappa shape index (κ3) is 2.46. The Labute approximate surface area is 100 Å². The number of aromatic amines is 1. The van der Waals surface area contributed by atoms with Crippen molar-refractivity contribution in [2.24, 2.45) is 12.8 Å². The highest BCUT2D eigenvalue weighted by molar-refractivity contribution is 5.68. The van der Waals surface area contributed by atoms with E-state index in [1.165, 1.54) is 17.9 Å². The fourth-order valence-electron chi connectivity index (χ4n) is 1.35. The second-order valence-electron chi connectivity index (χ2n) is 3.38. The molecule has 2 rings (SSSR count). The number of carbonyl (C=O) groups is 1. The van der Waals surface area contributed by atoms with Gasteiger partial charge in [0.05, 0.1) is 13.0 Å². The van der Waals surface area contributed by atoms with E-state index < -0.39 is 17.2 Å². The number of carboxylic acid groups (broad SMARTS) is 1. The number of hydrogen-bond acceptors (Lipinski definition) is 5. The molecule has 0 aliphatic carbocycles. The van der Waals surface area contributed by atoms with E-state index in [9.17, 15) is 9.59 Å². The van der Waals surface area contributed by atoms with E-state index in [2.05, 4.69) is 9.97 Å². The predicted molar refractivity (Wildman–Crippen MR) is 63.1 cm³/mol. The van der Waals surface area contributed by atoms with Crippen LogP contribution in [0.1, 0.15) is 6.92 Å². The molecule has 2 aromatic rings. The lowest BCUT2D eigenvalue weighted by molar-refractivity contribution is -0.134. The molecule has 0 unspecified atom stereocenters. The number of fused-ring (bicyclic) bond motifs is 1. The Morgan fingerprint density at radius 1 is 1.56 bits per heavy atom. The average molecular weight is 255 g/mol. The van der Waals surface area contributed by atoms with E-state index in [1.807, 2.05) is 0 Å². The quantitative estimate of drug-likeness (QED) is 0.563. The minimum absolute atomic E-state index is 0.138. The van der Waals surface area contributed by atoms with Gasteiger partial charge in [-0.05, 0) is 0 Å². The van der Waals surface area contributed by atoms with Crippen molar-refractivity contribution in [2.75, 3.05) is 0 Å². The van der Waals surface area contributed by atoms with Crippen molar-refractivity contribution in [1.82, 2.24) is 19.1 Å². The number of H-pyrrole nitrogens is 1. The van der Waals surface area contributed by atoms with Crippen LogP contribution in [0.25, 0.3) is 11.2 Å². The molecule has 98 valence electrons. The molecule has 0 aliphatic heterocycles. The van der Waals surface area contributed by atoms with Crippen molar-refractivity contribution < 1.29 is 9.90 Å². The summed E-state index contributed by atoms with van der Waals surface area (Å²) in [5, 5.41) is 7.42. The molecule has 0 radical (unpaired) electrons. The summed E-state index contributed by atoms with van der Waals surface area (Å²) in [4.78, 5) is 38.7. The molecule has 2 aromatic heterocycles. The molecule has 0 atom stereocenters. The molecule has 4 N–H and O–H groups in total. The number of nitrogens with zero attached hydrogens (tertiary/aromatic N) is 3. The molecule has 0 saturated heterocycles. The summed E-state index contributed by atoms with van der Waals surface area (Å²) >= 11 is 0. The molecule has 0 bridgehead atoms. The second kappa shape index (κ2) is 5.27. The van der Waals surface area contributed by atoms with Gasteiger partial charge in [0.25, 0.3) is 11.5 Å². The molecule has 0 aliphatic rings. The maximum Gasteiger partial charge on any atom is 0.333 e. The fourth-order valence-corrected chi connectivity index (χ4v) is 1.35. The van der Waals surface area contributed by atoms with Gasteiger partial charge in [-0.3, -0.25) is 14.2 Å². The van der Waals surface area contributed by atoms with Crippen molar-refractivity contribution in [3.8, 4) is 0 Å². The van der Waals surface area contributed by atoms with Crippen LogP contribution in [-0.4, -0.2) is 30.2 Å². The SMILES string of the molecule is CC(=O)O.Cn1c(=O)n(CN)c(=O)c2[nH]cnc21. The second-order valence-corrected chi connectivity index (χ2v) is 3.38. The Morgan fingerprint density at radius 2 is 2.11 bits per heavy atom. The van der Waals surface area contributed by atoms with E-state index >= 15 is 0 Å². The van der Waals surface area contributed by atoms with Crippen LogP contribution < -0.4 is 17.0 Å². The lowest BCUT2D eigenvalue weighted by Crippen LogP contribution is -2.41. The van der Waals surface area contributed by atoms with Gasteiger partial charge in [0, 0.05) is 14.0 Å². The number of aromatic nitrogens is 4. The highest BCUT2D eigenvalue weighted by Gasteiger charge is 2.10. The third-order valence-corrected chi connectivity index (χ3v) is 2.10. The summed E-state index contributed by atoms with van der Waals surface area (Å²) in [7, 11) is 1.54. The van der Waals surface area contributed by atoms with Crippen LogP contribution in [0.15, 0.2) is 15.9 Å². The van der Waals surface area contributed by atoms with Crippen molar-refractivity contribution >= 4 is 17.1 Å². The normalized spacial score (nSPS) is 9.94. The van der Waals surface area contributed by atoms with Gasteiger partial charge in [-0.2, -0.15) is 0 Å². The van der Waals surface area contributed by atoms with Crippen LogP contribution in [0.3, 0.4) is 0 Å². The first-order valence-electron chi connectivity index (χ1n) is 4.92. The zero-order valence-electron chi connectivity index (χ0n) is 9.88. The minimum Gasteiger partial charge on any atom is -0.481 e. The average Bonchev–Trinajstić information content (AvgIpc) is 2.75. The maximum absolute atomic E-state index is 11.6. The zero-order valence-corrected chi connectivity index (χ0v) is 9.88. The molecule has 0 aromatic carbocycles. The maximum atomic E-state index is 11.6. The number of rotatable bonds is 1. The van der Waals surface area contributed by atoms with E-state index in [1.54, 1.807) is 0 Å². The van der Waals surface area contributed by atoms with Crippen molar-refractivity contribution in [2.45, 2.75) is 13.6 Å². The molecule has 9 nitrogen and oxygen atoms in total. The topological polar surface area (TPSA) is 136 Å². The Bertz CT molecular complexity index is 676. The van der Waals surface area contributed by atoms with Crippen LogP contribution in [0.4, 0.5) is 0 Å². The van der Waals surface area contributed by atoms with Gasteiger partial charge in [0.15, 0.2) is 5.65 Å². The highest BCUT2D eigenvalue weighted by atomic mass is 16.4. The largest absolute Gasteiger partial charge is 0.481 e. The number of hydrogen-bond donors (Lipinski definition) is 3. The van der Waals surface area contributed by atoms with Gasteiger partial charge < -0.3 is 15.8 Å². The van der Waals surface area contributed by atoms with Gasteiger partial charge in [-0.1, -0.05) is 0 Å². The number of nitrogens with one attached hydrogen (secondary N) is 1. The summed E-state index contributed by atoms with van der Waals surface area (Å²) < 4.78 is 2.22. The first kappa shape index (κ1) is 13.6. The van der Waals surface area contributed by atoms with Crippen molar-refractivity contribution in [3.63, 3.8) is 0 Å². The Kier molecular flexibility index (Phi) is 4.00. The summed E-state index contributed by atoms with van der Waals surface area (Å²) in [5.41, 5.74) is 5.02.